The van der Waals surface area contributed by atoms with E-state index < -0.39 is 0 Å². The number of likely N-dealkylation sites (N-methyl/N-ethyl adjacent to an activating group) is 1. The first-order valence-electron chi connectivity index (χ1n) is 8.07. The second kappa shape index (κ2) is 8.82. The Hall–Kier alpha value is -0.500. The standard InChI is InChI=1S/C18H25Cl2N/c1-2-21-18(15-8-6-4-3-5-7-9-15)13-14-10-11-16(19)17(20)12-14/h8,10-12,18,21H,2-7,9,13H2,1H3/b15-8+. The van der Waals surface area contributed by atoms with E-state index in [-0.39, 0.29) is 0 Å². The molecule has 0 radical (unpaired) electrons. The van der Waals surface area contributed by atoms with Crippen LogP contribution >= 0.6 is 23.2 Å². The van der Waals surface area contributed by atoms with Crippen molar-refractivity contribution in [2.75, 3.05) is 6.54 Å². The topological polar surface area (TPSA) is 12.0 Å². The van der Waals surface area contributed by atoms with Crippen LogP contribution in [0.5, 0.6) is 0 Å². The van der Waals surface area contributed by atoms with Crippen molar-refractivity contribution in [3.8, 4) is 0 Å². The minimum Gasteiger partial charge on any atom is -0.310 e. The molecule has 0 fully saturated rings. The average Bonchev–Trinajstić information content (AvgIpc) is 2.42. The molecule has 1 nitrogen and oxygen atoms in total. The molecule has 1 aromatic carbocycles. The van der Waals surface area contributed by atoms with E-state index >= 15 is 0 Å². The van der Waals surface area contributed by atoms with Crippen molar-refractivity contribution in [1.82, 2.24) is 5.32 Å². The van der Waals surface area contributed by atoms with Crippen molar-refractivity contribution in [2.24, 2.45) is 0 Å². The number of hydrogen-bond acceptors (Lipinski definition) is 1. The molecule has 1 aliphatic rings. The maximum Gasteiger partial charge on any atom is 0.0595 e. The molecule has 0 aliphatic heterocycles. The lowest BCUT2D eigenvalue weighted by atomic mass is 9.91. The summed E-state index contributed by atoms with van der Waals surface area (Å²) in [5.74, 6) is 0. The van der Waals surface area contributed by atoms with Gasteiger partial charge in [0.15, 0.2) is 0 Å². The van der Waals surface area contributed by atoms with E-state index in [1.54, 1.807) is 5.57 Å². The van der Waals surface area contributed by atoms with Crippen molar-refractivity contribution in [3.63, 3.8) is 0 Å². The Bertz CT molecular complexity index is 482. The van der Waals surface area contributed by atoms with Gasteiger partial charge >= 0.3 is 0 Å². The number of allylic oxidation sites excluding steroid dienone is 1. The van der Waals surface area contributed by atoms with Gasteiger partial charge in [0.1, 0.15) is 0 Å². The van der Waals surface area contributed by atoms with Gasteiger partial charge in [0.05, 0.1) is 10.0 Å². The summed E-state index contributed by atoms with van der Waals surface area (Å²) >= 11 is 12.1. The molecule has 1 atom stereocenters. The van der Waals surface area contributed by atoms with Crippen LogP contribution in [0.2, 0.25) is 10.0 Å². The minimum atomic E-state index is 0.422. The predicted octanol–water partition coefficient (Wildman–Crippen LogP) is 5.79. The molecule has 0 heterocycles. The summed E-state index contributed by atoms with van der Waals surface area (Å²) in [6, 6.07) is 6.40. The molecule has 0 amide bonds. The van der Waals surface area contributed by atoms with Crippen LogP contribution in [-0.4, -0.2) is 12.6 Å². The van der Waals surface area contributed by atoms with Crippen LogP contribution < -0.4 is 5.32 Å². The molecule has 0 saturated carbocycles. The SMILES string of the molecule is CCNC(Cc1ccc(Cl)c(Cl)c1)/C1=C/CCCCCC1. The second-order valence-electron chi connectivity index (χ2n) is 5.79. The van der Waals surface area contributed by atoms with Gasteiger partial charge in [0.25, 0.3) is 0 Å². The third-order valence-electron chi connectivity index (χ3n) is 4.15. The van der Waals surface area contributed by atoms with E-state index in [0.717, 1.165) is 13.0 Å². The van der Waals surface area contributed by atoms with Crippen molar-refractivity contribution < 1.29 is 0 Å². The van der Waals surface area contributed by atoms with Gasteiger partial charge in [-0.15, -0.1) is 0 Å². The van der Waals surface area contributed by atoms with Crippen LogP contribution in [0, 0.1) is 0 Å². The highest BCUT2D eigenvalue weighted by Crippen LogP contribution is 2.26. The van der Waals surface area contributed by atoms with Crippen LogP contribution in [0.4, 0.5) is 0 Å². The summed E-state index contributed by atoms with van der Waals surface area (Å²) in [5.41, 5.74) is 2.82. The number of nitrogens with one attached hydrogen (secondary N) is 1. The molecule has 1 N–H and O–H groups in total. The van der Waals surface area contributed by atoms with E-state index in [1.165, 1.54) is 44.1 Å². The zero-order valence-corrected chi connectivity index (χ0v) is 14.3. The van der Waals surface area contributed by atoms with E-state index in [1.807, 2.05) is 12.1 Å². The van der Waals surface area contributed by atoms with Gasteiger partial charge in [-0.05, 0) is 56.3 Å². The molecule has 0 spiro atoms. The lowest BCUT2D eigenvalue weighted by Crippen LogP contribution is -2.33. The molecule has 116 valence electrons. The van der Waals surface area contributed by atoms with Gasteiger partial charge < -0.3 is 5.32 Å². The fraction of sp³-hybridized carbons (Fsp3) is 0.556. The molecule has 0 aromatic heterocycles. The van der Waals surface area contributed by atoms with Crippen molar-refractivity contribution in [3.05, 3.63) is 45.5 Å². The molecule has 1 unspecified atom stereocenters. The zero-order valence-electron chi connectivity index (χ0n) is 12.8. The first kappa shape index (κ1) is 16.9. The van der Waals surface area contributed by atoms with Crippen LogP contribution in [0.25, 0.3) is 0 Å². The monoisotopic (exact) mass is 325 g/mol. The van der Waals surface area contributed by atoms with E-state index in [0.29, 0.717) is 16.1 Å². The molecule has 2 rings (SSSR count). The summed E-state index contributed by atoms with van der Waals surface area (Å²) in [6.45, 7) is 3.16. The molecular formula is C18H25Cl2N. The Labute approximate surface area is 138 Å². The molecule has 21 heavy (non-hydrogen) atoms. The lowest BCUT2D eigenvalue weighted by Gasteiger charge is -2.23. The summed E-state index contributed by atoms with van der Waals surface area (Å²) in [5, 5.41) is 4.92. The molecule has 3 heteroatoms. The van der Waals surface area contributed by atoms with E-state index in [2.05, 4.69) is 24.4 Å². The van der Waals surface area contributed by atoms with Gasteiger partial charge in [0.2, 0.25) is 0 Å². The highest BCUT2D eigenvalue weighted by molar-refractivity contribution is 6.42. The fourth-order valence-corrected chi connectivity index (χ4v) is 3.34. The Balaban J connectivity index is 2.11. The molecule has 1 aliphatic carbocycles. The summed E-state index contributed by atoms with van der Waals surface area (Å²) in [6.07, 6.45) is 11.3. The minimum absolute atomic E-state index is 0.422. The lowest BCUT2D eigenvalue weighted by molar-refractivity contribution is 0.536. The molecular weight excluding hydrogens is 301 g/mol. The van der Waals surface area contributed by atoms with E-state index in [4.69, 9.17) is 23.2 Å². The number of hydrogen-bond donors (Lipinski definition) is 1. The third-order valence-corrected chi connectivity index (χ3v) is 4.89. The Kier molecular flexibility index (Phi) is 7.09. The van der Waals surface area contributed by atoms with Gasteiger partial charge in [-0.2, -0.15) is 0 Å². The quantitative estimate of drug-likeness (QED) is 0.675. The Morgan fingerprint density at radius 2 is 1.90 bits per heavy atom. The molecule has 0 bridgehead atoms. The Morgan fingerprint density at radius 3 is 2.67 bits per heavy atom. The maximum atomic E-state index is 6.14. The normalized spacial score (nSPS) is 20.2. The van der Waals surface area contributed by atoms with Crippen LogP contribution in [0.3, 0.4) is 0 Å². The van der Waals surface area contributed by atoms with Crippen molar-refractivity contribution in [1.29, 1.82) is 0 Å². The van der Waals surface area contributed by atoms with Gasteiger partial charge in [-0.1, -0.05) is 60.7 Å². The Morgan fingerprint density at radius 1 is 1.10 bits per heavy atom. The first-order chi connectivity index (χ1) is 10.2. The van der Waals surface area contributed by atoms with E-state index in [9.17, 15) is 0 Å². The zero-order chi connectivity index (χ0) is 15.1. The van der Waals surface area contributed by atoms with Crippen LogP contribution in [-0.2, 0) is 6.42 Å². The number of rotatable bonds is 5. The number of benzene rings is 1. The highest BCUT2D eigenvalue weighted by Gasteiger charge is 2.15. The van der Waals surface area contributed by atoms with Crippen molar-refractivity contribution >= 4 is 23.2 Å². The highest BCUT2D eigenvalue weighted by atomic mass is 35.5. The predicted molar refractivity (Wildman–Crippen MR) is 93.4 cm³/mol. The second-order valence-corrected chi connectivity index (χ2v) is 6.61. The summed E-state index contributed by atoms with van der Waals surface area (Å²) < 4.78 is 0. The van der Waals surface area contributed by atoms with Gasteiger partial charge in [-0.3, -0.25) is 0 Å². The van der Waals surface area contributed by atoms with Gasteiger partial charge in [-0.25, -0.2) is 0 Å². The summed E-state index contributed by atoms with van der Waals surface area (Å²) in [7, 11) is 0. The molecule has 1 aromatic rings. The van der Waals surface area contributed by atoms with Crippen LogP contribution in [0.1, 0.15) is 51.0 Å². The van der Waals surface area contributed by atoms with Gasteiger partial charge in [0, 0.05) is 6.04 Å². The van der Waals surface area contributed by atoms with Crippen LogP contribution in [0.15, 0.2) is 29.8 Å². The summed E-state index contributed by atoms with van der Waals surface area (Å²) in [4.78, 5) is 0. The smallest absolute Gasteiger partial charge is 0.0595 e. The largest absolute Gasteiger partial charge is 0.310 e. The first-order valence-corrected chi connectivity index (χ1v) is 8.82. The maximum absolute atomic E-state index is 6.14. The average molecular weight is 326 g/mol. The fourth-order valence-electron chi connectivity index (χ4n) is 3.02. The third kappa shape index (κ3) is 5.32. The molecule has 0 saturated heterocycles. The van der Waals surface area contributed by atoms with Crippen molar-refractivity contribution in [2.45, 2.75) is 57.9 Å². The number of halogens is 2.